The number of ether oxygens (including phenoxy) is 3. The molecule has 0 amide bonds. The lowest BCUT2D eigenvalue weighted by Gasteiger charge is -2.39. The molecule has 1 aromatic heterocycles. The van der Waals surface area contributed by atoms with Crippen LogP contribution in [0, 0.1) is 0 Å². The van der Waals surface area contributed by atoms with E-state index in [1.165, 1.54) is 5.69 Å². The summed E-state index contributed by atoms with van der Waals surface area (Å²) in [5.41, 5.74) is 2.24. The predicted octanol–water partition coefficient (Wildman–Crippen LogP) is 3.59. The molecule has 1 aromatic carbocycles. The van der Waals surface area contributed by atoms with Gasteiger partial charge in [-0.05, 0) is 48.5 Å². The summed E-state index contributed by atoms with van der Waals surface area (Å²) in [5.74, 6) is 1.88. The highest BCUT2D eigenvalue weighted by molar-refractivity contribution is 7.80. The molecule has 2 aromatic rings. The van der Waals surface area contributed by atoms with Crippen molar-refractivity contribution in [2.75, 3.05) is 34.4 Å². The summed E-state index contributed by atoms with van der Waals surface area (Å²) in [6, 6.07) is 8.22. The number of hydrogen-bond donors (Lipinski definition) is 1. The number of methoxy groups -OCH3 is 3. The Bertz CT molecular complexity index is 796. The van der Waals surface area contributed by atoms with Gasteiger partial charge < -0.3 is 29.0 Å². The maximum atomic E-state index is 5.76. The highest BCUT2D eigenvalue weighted by atomic mass is 32.1. The van der Waals surface area contributed by atoms with Crippen LogP contribution in [-0.2, 0) is 6.54 Å². The summed E-state index contributed by atoms with van der Waals surface area (Å²) in [7, 11) is 4.89. The molecule has 3 rings (SSSR count). The van der Waals surface area contributed by atoms with E-state index in [-0.39, 0.29) is 6.04 Å². The Kier molecular flexibility index (Phi) is 6.67. The normalized spacial score (nSPS) is 15.7. The van der Waals surface area contributed by atoms with E-state index in [0.717, 1.165) is 43.2 Å². The van der Waals surface area contributed by atoms with Gasteiger partial charge in [0.05, 0.1) is 27.4 Å². The van der Waals surface area contributed by atoms with Gasteiger partial charge in [0.2, 0.25) is 5.75 Å². The molecule has 1 unspecified atom stereocenters. The molecule has 0 saturated carbocycles. The van der Waals surface area contributed by atoms with Gasteiger partial charge in [-0.1, -0.05) is 13.3 Å². The minimum atomic E-state index is -0.0286. The summed E-state index contributed by atoms with van der Waals surface area (Å²) in [6.45, 7) is 4.80. The molecule has 7 heteroatoms. The smallest absolute Gasteiger partial charge is 0.203 e. The van der Waals surface area contributed by atoms with Crippen LogP contribution >= 0.6 is 12.2 Å². The minimum absolute atomic E-state index is 0.0286. The average molecular weight is 404 g/mol. The number of thiocarbonyl (C=S) groups is 1. The van der Waals surface area contributed by atoms with Crippen LogP contribution in [0.25, 0.3) is 0 Å². The molecule has 1 aliphatic rings. The molecule has 0 bridgehead atoms. The summed E-state index contributed by atoms with van der Waals surface area (Å²) in [4.78, 5) is 2.25. The van der Waals surface area contributed by atoms with E-state index in [2.05, 4.69) is 40.0 Å². The molecule has 1 atom stereocenters. The van der Waals surface area contributed by atoms with E-state index in [9.17, 15) is 0 Å². The molecule has 0 radical (unpaired) electrons. The highest BCUT2D eigenvalue weighted by Gasteiger charge is 2.32. The fraction of sp³-hybridized carbons (Fsp3) is 0.476. The molecule has 0 saturated heterocycles. The Morgan fingerprint density at radius 2 is 1.86 bits per heavy atom. The predicted molar refractivity (Wildman–Crippen MR) is 115 cm³/mol. The van der Waals surface area contributed by atoms with Crippen LogP contribution in [0.5, 0.6) is 17.2 Å². The van der Waals surface area contributed by atoms with Crippen LogP contribution in [0.3, 0.4) is 0 Å². The first-order valence-corrected chi connectivity index (χ1v) is 10.0. The fourth-order valence-electron chi connectivity index (χ4n) is 3.69. The van der Waals surface area contributed by atoms with E-state index in [4.69, 9.17) is 26.4 Å². The van der Waals surface area contributed by atoms with Crippen molar-refractivity contribution in [3.05, 3.63) is 41.7 Å². The van der Waals surface area contributed by atoms with Gasteiger partial charge in [0.25, 0.3) is 0 Å². The molecule has 0 aliphatic carbocycles. The lowest BCUT2D eigenvalue weighted by Crippen LogP contribution is -2.47. The van der Waals surface area contributed by atoms with Gasteiger partial charge in [0.1, 0.15) is 0 Å². The van der Waals surface area contributed by atoms with Crippen LogP contribution in [0.2, 0.25) is 0 Å². The van der Waals surface area contributed by atoms with Crippen LogP contribution in [-0.4, -0.2) is 49.0 Å². The van der Waals surface area contributed by atoms with Crippen molar-refractivity contribution in [3.8, 4) is 17.2 Å². The first-order chi connectivity index (χ1) is 13.6. The van der Waals surface area contributed by atoms with Crippen LogP contribution in [0.1, 0.15) is 37.1 Å². The Labute approximate surface area is 172 Å². The number of nitrogens with zero attached hydrogens (tertiary/aromatic N) is 2. The molecule has 0 fully saturated rings. The van der Waals surface area contributed by atoms with E-state index >= 15 is 0 Å². The Morgan fingerprint density at radius 3 is 2.46 bits per heavy atom. The lowest BCUT2D eigenvalue weighted by atomic mass is 9.99. The molecule has 0 spiro atoms. The van der Waals surface area contributed by atoms with Gasteiger partial charge in [-0.15, -0.1) is 0 Å². The summed E-state index contributed by atoms with van der Waals surface area (Å²) in [6.07, 6.45) is 4.35. The Balaban J connectivity index is 2.03. The summed E-state index contributed by atoms with van der Waals surface area (Å²) >= 11 is 5.76. The van der Waals surface area contributed by atoms with E-state index < -0.39 is 0 Å². The molecular formula is C21H29N3O3S. The topological polar surface area (TPSA) is 47.9 Å². The first-order valence-electron chi connectivity index (χ1n) is 9.64. The highest BCUT2D eigenvalue weighted by Crippen LogP contribution is 2.43. The van der Waals surface area contributed by atoms with E-state index in [1.807, 2.05) is 12.1 Å². The van der Waals surface area contributed by atoms with Gasteiger partial charge in [0, 0.05) is 31.5 Å². The second-order valence-corrected chi connectivity index (χ2v) is 7.15. The van der Waals surface area contributed by atoms with Gasteiger partial charge >= 0.3 is 0 Å². The number of hydrogen-bond acceptors (Lipinski definition) is 4. The zero-order chi connectivity index (χ0) is 20.1. The number of unbranched alkanes of at least 4 members (excludes halogenated alkanes) is 1. The van der Waals surface area contributed by atoms with Crippen molar-refractivity contribution in [1.82, 2.24) is 14.8 Å². The third kappa shape index (κ3) is 3.90. The standard InChI is InChI=1S/C21H29N3O3S/c1-5-6-9-22-21(28)24-12-11-23-10-7-8-16(23)19(24)15-13-17(25-2)20(27-4)18(14-15)26-3/h7-8,10,13-14,19H,5-6,9,11-12H2,1-4H3,(H,22,28). The SMILES string of the molecule is CCCCNC(=S)N1CCn2cccc2C1c1cc(OC)c(OC)c(OC)c1. The van der Waals surface area contributed by atoms with E-state index in [1.54, 1.807) is 21.3 Å². The summed E-state index contributed by atoms with van der Waals surface area (Å²) < 4.78 is 18.9. The minimum Gasteiger partial charge on any atom is -0.493 e. The quantitative estimate of drug-likeness (QED) is 0.563. The molecule has 2 heterocycles. The largest absolute Gasteiger partial charge is 0.493 e. The number of benzene rings is 1. The number of aromatic nitrogens is 1. The van der Waals surface area contributed by atoms with Crippen molar-refractivity contribution in [2.24, 2.45) is 0 Å². The zero-order valence-corrected chi connectivity index (χ0v) is 17.8. The monoisotopic (exact) mass is 403 g/mol. The van der Waals surface area contributed by atoms with Gasteiger partial charge in [-0.25, -0.2) is 0 Å². The van der Waals surface area contributed by atoms with E-state index in [0.29, 0.717) is 17.2 Å². The summed E-state index contributed by atoms with van der Waals surface area (Å²) in [5, 5.41) is 4.19. The van der Waals surface area contributed by atoms with Crippen molar-refractivity contribution >= 4 is 17.3 Å². The van der Waals surface area contributed by atoms with Crippen molar-refractivity contribution < 1.29 is 14.2 Å². The Morgan fingerprint density at radius 1 is 1.14 bits per heavy atom. The van der Waals surface area contributed by atoms with Crippen LogP contribution in [0.4, 0.5) is 0 Å². The third-order valence-corrected chi connectivity index (χ3v) is 5.49. The molecule has 152 valence electrons. The average Bonchev–Trinajstić information content (AvgIpc) is 3.20. The number of fused-ring (bicyclic) bond motifs is 1. The third-order valence-electron chi connectivity index (χ3n) is 5.11. The Hall–Kier alpha value is -2.41. The van der Waals surface area contributed by atoms with Gasteiger partial charge in [0.15, 0.2) is 16.6 Å². The fourth-order valence-corrected chi connectivity index (χ4v) is 3.98. The molecule has 1 N–H and O–H groups in total. The maximum Gasteiger partial charge on any atom is 0.203 e. The zero-order valence-electron chi connectivity index (χ0n) is 17.0. The van der Waals surface area contributed by atoms with Gasteiger partial charge in [-0.2, -0.15) is 0 Å². The van der Waals surface area contributed by atoms with Crippen LogP contribution in [0.15, 0.2) is 30.5 Å². The molecule has 1 aliphatic heterocycles. The number of rotatable bonds is 7. The molecule has 28 heavy (non-hydrogen) atoms. The van der Waals surface area contributed by atoms with Crippen molar-refractivity contribution in [2.45, 2.75) is 32.4 Å². The number of nitrogens with one attached hydrogen (secondary N) is 1. The lowest BCUT2D eigenvalue weighted by molar-refractivity contribution is 0.282. The van der Waals surface area contributed by atoms with Crippen molar-refractivity contribution in [1.29, 1.82) is 0 Å². The second-order valence-electron chi connectivity index (χ2n) is 6.77. The van der Waals surface area contributed by atoms with Crippen LogP contribution < -0.4 is 19.5 Å². The molecular weight excluding hydrogens is 374 g/mol. The van der Waals surface area contributed by atoms with Crippen molar-refractivity contribution in [3.63, 3.8) is 0 Å². The second kappa shape index (κ2) is 9.19. The molecule has 6 nitrogen and oxygen atoms in total. The first kappa shape index (κ1) is 20.3. The van der Waals surface area contributed by atoms with Gasteiger partial charge in [-0.3, -0.25) is 0 Å². The maximum absolute atomic E-state index is 5.76.